The summed E-state index contributed by atoms with van der Waals surface area (Å²) in [5, 5.41) is 5.74. The normalized spacial score (nSPS) is 20.2. The number of hydrogen-bond acceptors (Lipinski definition) is 6. The van der Waals surface area contributed by atoms with Gasteiger partial charge in [0.1, 0.15) is 11.8 Å². The van der Waals surface area contributed by atoms with Crippen molar-refractivity contribution in [2.24, 2.45) is 16.8 Å². The Morgan fingerprint density at radius 1 is 1.37 bits per heavy atom. The lowest BCUT2D eigenvalue weighted by Crippen LogP contribution is -2.33. The fraction of sp³-hybridized carbons (Fsp3) is 0.321. The Hall–Kier alpha value is -3.71. The van der Waals surface area contributed by atoms with Gasteiger partial charge in [-0.15, -0.1) is 0 Å². The molecule has 0 saturated carbocycles. The molecule has 3 atom stereocenters. The van der Waals surface area contributed by atoms with Gasteiger partial charge < -0.3 is 20.3 Å². The third-order valence-electron chi connectivity index (χ3n) is 5.56. The van der Waals surface area contributed by atoms with Crippen LogP contribution in [0.4, 0.5) is 0 Å². The smallest absolute Gasteiger partial charge is 0.248 e. The Morgan fingerprint density at radius 3 is 2.69 bits per heavy atom. The number of carbonyl (C=O) groups is 2. The topological polar surface area (TPSA) is 83.0 Å². The summed E-state index contributed by atoms with van der Waals surface area (Å²) < 4.78 is 5.04. The van der Waals surface area contributed by atoms with Crippen LogP contribution in [-0.2, 0) is 11.3 Å². The van der Waals surface area contributed by atoms with Crippen molar-refractivity contribution in [2.75, 3.05) is 21.2 Å². The molecule has 3 unspecified atom stereocenters. The molecule has 1 aromatic carbocycles. The molecule has 186 valence electrons. The van der Waals surface area contributed by atoms with Crippen LogP contribution in [0.15, 0.2) is 84.3 Å². The van der Waals surface area contributed by atoms with E-state index in [0.29, 0.717) is 11.4 Å². The van der Waals surface area contributed by atoms with E-state index in [1.165, 1.54) is 0 Å². The van der Waals surface area contributed by atoms with Crippen LogP contribution >= 0.6 is 0 Å². The lowest BCUT2D eigenvalue weighted by Gasteiger charge is -2.16. The summed E-state index contributed by atoms with van der Waals surface area (Å²) >= 11 is 0. The number of ether oxygens (including phenoxy) is 1. The molecule has 0 aliphatic carbocycles. The molecule has 7 heteroatoms. The second-order valence-electron chi connectivity index (χ2n) is 8.66. The highest BCUT2D eigenvalue weighted by atomic mass is 16.5. The molecule has 0 aromatic heterocycles. The number of methoxy groups -OCH3 is 1. The number of benzene rings is 1. The van der Waals surface area contributed by atoms with E-state index in [-0.39, 0.29) is 23.8 Å². The highest BCUT2D eigenvalue weighted by Gasteiger charge is 2.29. The molecule has 35 heavy (non-hydrogen) atoms. The van der Waals surface area contributed by atoms with E-state index in [1.54, 1.807) is 19.3 Å². The first kappa shape index (κ1) is 27.5. The highest BCUT2D eigenvalue weighted by molar-refractivity contribution is 5.86. The Morgan fingerprint density at radius 2 is 2.14 bits per heavy atom. The monoisotopic (exact) mass is 476 g/mol. The average molecular weight is 477 g/mol. The molecule has 2 aliphatic heterocycles. The van der Waals surface area contributed by atoms with Gasteiger partial charge in [-0.2, -0.15) is 0 Å². The van der Waals surface area contributed by atoms with Gasteiger partial charge in [-0.1, -0.05) is 56.5 Å². The molecule has 2 heterocycles. The van der Waals surface area contributed by atoms with E-state index >= 15 is 0 Å². The minimum atomic E-state index is -0.265. The third kappa shape index (κ3) is 8.54. The molecule has 1 aromatic rings. The summed E-state index contributed by atoms with van der Waals surface area (Å²) in [5.41, 5.74) is 2.85. The van der Waals surface area contributed by atoms with Crippen molar-refractivity contribution in [3.63, 3.8) is 0 Å². The van der Waals surface area contributed by atoms with Crippen LogP contribution in [0.3, 0.4) is 0 Å². The van der Waals surface area contributed by atoms with E-state index in [1.807, 2.05) is 62.6 Å². The van der Waals surface area contributed by atoms with E-state index in [9.17, 15) is 9.59 Å². The predicted octanol–water partition coefficient (Wildman–Crippen LogP) is 4.02. The number of carbonyl (C=O) groups excluding carboxylic acids is 2. The van der Waals surface area contributed by atoms with E-state index < -0.39 is 0 Å². The number of hydrogen-bond donors (Lipinski definition) is 2. The standard InChI is InChI=1S/C17H21N3O.C11H15NO2/c1-4-6-14(15-7-5-10-18-11-15)9-8-12(2)16-17(21)20-13(3)19-16;1-12(2)7-9-4-5-11(14-3)6-10(9)8-13/h4-6,8-12,15-16,19H,1,3,7H2,2H3,(H,20,21);4-6,8H,7H2,1-3H3/b9-8-,14-6+;. The molecule has 2 aliphatic rings. The minimum absolute atomic E-state index is 0.0337. The summed E-state index contributed by atoms with van der Waals surface area (Å²) in [6.45, 7) is 10.2. The van der Waals surface area contributed by atoms with Gasteiger partial charge in [-0.25, -0.2) is 0 Å². The van der Waals surface area contributed by atoms with Gasteiger partial charge in [0.25, 0.3) is 0 Å². The fourth-order valence-corrected chi connectivity index (χ4v) is 3.70. The lowest BCUT2D eigenvalue weighted by atomic mass is 9.92. The number of nitrogens with zero attached hydrogens (tertiary/aromatic N) is 2. The van der Waals surface area contributed by atoms with Crippen molar-refractivity contribution in [2.45, 2.75) is 25.9 Å². The molecule has 0 radical (unpaired) electrons. The Balaban J connectivity index is 0.000000269. The van der Waals surface area contributed by atoms with Gasteiger partial charge in [0.05, 0.1) is 12.9 Å². The second kappa shape index (κ2) is 13.9. The zero-order chi connectivity index (χ0) is 25.8. The van der Waals surface area contributed by atoms with Crippen molar-refractivity contribution in [3.05, 3.63) is 90.5 Å². The fourth-order valence-electron chi connectivity index (χ4n) is 3.70. The van der Waals surface area contributed by atoms with Crippen LogP contribution in [0, 0.1) is 11.8 Å². The van der Waals surface area contributed by atoms with Crippen molar-refractivity contribution >= 4 is 18.4 Å². The van der Waals surface area contributed by atoms with Crippen LogP contribution in [-0.4, -0.2) is 50.6 Å². The van der Waals surface area contributed by atoms with Crippen molar-refractivity contribution in [3.8, 4) is 5.75 Å². The Bertz CT molecular complexity index is 1040. The van der Waals surface area contributed by atoms with Crippen LogP contribution in [0.5, 0.6) is 5.75 Å². The van der Waals surface area contributed by atoms with Gasteiger partial charge >= 0.3 is 0 Å². The highest BCUT2D eigenvalue weighted by Crippen LogP contribution is 2.21. The first-order valence-electron chi connectivity index (χ1n) is 11.5. The van der Waals surface area contributed by atoms with Gasteiger partial charge in [0.2, 0.25) is 5.91 Å². The lowest BCUT2D eigenvalue weighted by molar-refractivity contribution is -0.120. The van der Waals surface area contributed by atoms with Crippen molar-refractivity contribution < 1.29 is 14.3 Å². The number of amides is 1. The zero-order valence-electron chi connectivity index (χ0n) is 21.0. The number of aldehydes is 1. The molecule has 2 N–H and O–H groups in total. The van der Waals surface area contributed by atoms with Crippen LogP contribution < -0.4 is 15.4 Å². The molecule has 0 spiro atoms. The first-order chi connectivity index (χ1) is 16.8. The largest absolute Gasteiger partial charge is 0.497 e. The quantitative estimate of drug-likeness (QED) is 0.415. The predicted molar refractivity (Wildman–Crippen MR) is 142 cm³/mol. The summed E-state index contributed by atoms with van der Waals surface area (Å²) in [7, 11) is 5.53. The SMILES string of the molecule is C=C/C=C(\C=C/C(C)C1NC(=C)NC1=O)C1C=NC=CC1.COc1ccc(CN(C)C)c(C=O)c1. The maximum Gasteiger partial charge on any atom is 0.248 e. The minimum Gasteiger partial charge on any atom is -0.497 e. The number of aliphatic imine (C=N–C) groups is 1. The summed E-state index contributed by atoms with van der Waals surface area (Å²) in [4.78, 5) is 28.8. The summed E-state index contributed by atoms with van der Waals surface area (Å²) in [6.07, 6.45) is 15.4. The van der Waals surface area contributed by atoms with E-state index in [4.69, 9.17) is 4.74 Å². The molecular formula is C28H36N4O3. The zero-order valence-corrected chi connectivity index (χ0v) is 21.0. The Labute approximate surface area is 208 Å². The summed E-state index contributed by atoms with van der Waals surface area (Å²) in [6, 6.07) is 5.28. The second-order valence-corrected chi connectivity index (χ2v) is 8.66. The molecular weight excluding hydrogens is 440 g/mol. The van der Waals surface area contributed by atoms with Gasteiger partial charge in [-0.05, 0) is 43.8 Å². The third-order valence-corrected chi connectivity index (χ3v) is 5.56. The maximum absolute atomic E-state index is 11.8. The molecule has 1 amide bonds. The molecule has 3 rings (SSSR count). The van der Waals surface area contributed by atoms with Gasteiger partial charge in [0, 0.05) is 36.4 Å². The van der Waals surface area contributed by atoms with Crippen LogP contribution in [0.25, 0.3) is 0 Å². The molecule has 1 fully saturated rings. The van der Waals surface area contributed by atoms with Crippen LogP contribution in [0.1, 0.15) is 29.3 Å². The van der Waals surface area contributed by atoms with Crippen molar-refractivity contribution in [1.82, 2.24) is 15.5 Å². The van der Waals surface area contributed by atoms with Crippen LogP contribution in [0.2, 0.25) is 0 Å². The van der Waals surface area contributed by atoms with Crippen molar-refractivity contribution in [1.29, 1.82) is 0 Å². The number of rotatable bonds is 9. The van der Waals surface area contributed by atoms with E-state index in [0.717, 1.165) is 36.1 Å². The average Bonchev–Trinajstić information content (AvgIpc) is 3.20. The van der Waals surface area contributed by atoms with Gasteiger partial charge in [-0.3, -0.25) is 14.6 Å². The van der Waals surface area contributed by atoms with E-state index in [2.05, 4.69) is 40.9 Å². The maximum atomic E-state index is 11.8. The molecule has 0 bridgehead atoms. The molecule has 7 nitrogen and oxygen atoms in total. The van der Waals surface area contributed by atoms with Gasteiger partial charge in [0.15, 0.2) is 6.29 Å². The number of nitrogens with one attached hydrogen (secondary N) is 2. The summed E-state index contributed by atoms with van der Waals surface area (Å²) in [5.74, 6) is 1.57. The molecule has 1 saturated heterocycles. The number of allylic oxidation sites excluding steroid dienone is 5. The Kier molecular flexibility index (Phi) is 10.9. The first-order valence-corrected chi connectivity index (χ1v) is 11.5.